The lowest BCUT2D eigenvalue weighted by Crippen LogP contribution is -2.48. The van der Waals surface area contributed by atoms with Crippen LogP contribution in [0, 0.1) is 12.7 Å². The van der Waals surface area contributed by atoms with Crippen LogP contribution in [0.1, 0.15) is 15.9 Å². The normalized spacial score (nSPS) is 11.9. The number of aromatic nitrogens is 2. The minimum Gasteiger partial charge on any atom is -0.467 e. The van der Waals surface area contributed by atoms with Crippen LogP contribution in [0.4, 0.5) is 20.6 Å². The Morgan fingerprint density at radius 3 is 2.46 bits per heavy atom. The molecular weight excluding hydrogens is 605 g/mol. The van der Waals surface area contributed by atoms with Gasteiger partial charge in [-0.05, 0) is 61.0 Å². The average molecular weight is 636 g/mol. The van der Waals surface area contributed by atoms with Crippen molar-refractivity contribution in [1.82, 2.24) is 15.3 Å². The number of H-pyrrole nitrogens is 1. The van der Waals surface area contributed by atoms with E-state index >= 15 is 0 Å². The number of anilines is 2. The Hall–Kier alpha value is -5.80. The number of aliphatic hydroxyl groups is 2. The molecule has 14 nitrogen and oxygen atoms in total. The smallest absolute Gasteiger partial charge is 0.340 e. The SMILES string of the molecule is COC(=O)[C@@H](NC(=O)c1c[nH]c(-c2cc(Oc3ccc(NC(=O)Nc4cc(C)ccc4F)cc3)ccn2)c1)C(=O)OCC(O)CO. The number of methoxy groups -OCH3 is 1. The van der Waals surface area contributed by atoms with Crippen LogP contribution >= 0.6 is 0 Å². The van der Waals surface area contributed by atoms with Crippen molar-refractivity contribution in [3.8, 4) is 22.9 Å². The number of rotatable bonds is 12. The number of benzene rings is 2. The number of aryl methyl sites for hydroxylation is 1. The lowest BCUT2D eigenvalue weighted by molar-refractivity contribution is -0.158. The minimum atomic E-state index is -1.82. The number of aromatic amines is 1. The van der Waals surface area contributed by atoms with Crippen molar-refractivity contribution in [3.63, 3.8) is 0 Å². The van der Waals surface area contributed by atoms with Crippen LogP contribution in [0.5, 0.6) is 11.5 Å². The zero-order valence-electron chi connectivity index (χ0n) is 24.6. The zero-order chi connectivity index (χ0) is 33.2. The molecule has 4 rings (SSSR count). The topological polar surface area (TPSA) is 201 Å². The molecule has 0 spiro atoms. The first-order chi connectivity index (χ1) is 22.1. The van der Waals surface area contributed by atoms with E-state index in [1.54, 1.807) is 49.4 Å². The summed E-state index contributed by atoms with van der Waals surface area (Å²) in [6, 6.07) is 13.0. The summed E-state index contributed by atoms with van der Waals surface area (Å²) < 4.78 is 29.2. The van der Waals surface area contributed by atoms with Crippen molar-refractivity contribution in [3.05, 3.63) is 90.0 Å². The third-order valence-corrected chi connectivity index (χ3v) is 6.25. The highest BCUT2D eigenvalue weighted by molar-refractivity contribution is 6.06. The van der Waals surface area contributed by atoms with E-state index in [1.807, 2.05) is 0 Å². The zero-order valence-corrected chi connectivity index (χ0v) is 24.6. The molecule has 0 fully saturated rings. The Morgan fingerprint density at radius 1 is 0.978 bits per heavy atom. The summed E-state index contributed by atoms with van der Waals surface area (Å²) in [5.41, 5.74) is 2.16. The number of ether oxygens (including phenoxy) is 3. The van der Waals surface area contributed by atoms with E-state index in [1.165, 1.54) is 30.6 Å². The van der Waals surface area contributed by atoms with E-state index in [0.717, 1.165) is 12.7 Å². The lowest BCUT2D eigenvalue weighted by atomic mass is 10.2. The fourth-order valence-corrected chi connectivity index (χ4v) is 3.92. The number of carbonyl (C=O) groups excluding carboxylic acids is 4. The molecule has 0 aliphatic heterocycles. The second-order valence-electron chi connectivity index (χ2n) is 9.76. The fourth-order valence-electron chi connectivity index (χ4n) is 3.92. The van der Waals surface area contributed by atoms with Crippen molar-refractivity contribution < 1.29 is 48.0 Å². The molecule has 15 heteroatoms. The van der Waals surface area contributed by atoms with Crippen molar-refractivity contribution in [2.75, 3.05) is 31.0 Å². The maximum atomic E-state index is 13.9. The predicted octanol–water partition coefficient (Wildman–Crippen LogP) is 3.13. The van der Waals surface area contributed by atoms with E-state index in [0.29, 0.717) is 28.6 Å². The number of carbonyl (C=O) groups is 4. The van der Waals surface area contributed by atoms with E-state index < -0.39 is 55.1 Å². The highest BCUT2D eigenvalue weighted by atomic mass is 19.1. The van der Waals surface area contributed by atoms with Gasteiger partial charge in [-0.2, -0.15) is 0 Å². The molecule has 240 valence electrons. The van der Waals surface area contributed by atoms with Crippen LogP contribution in [-0.4, -0.2) is 76.5 Å². The molecule has 0 aliphatic rings. The van der Waals surface area contributed by atoms with E-state index in [2.05, 4.69) is 30.7 Å². The Balaban J connectivity index is 1.37. The molecule has 0 aliphatic carbocycles. The van der Waals surface area contributed by atoms with Gasteiger partial charge in [-0.3, -0.25) is 9.78 Å². The molecule has 0 saturated carbocycles. The summed E-state index contributed by atoms with van der Waals surface area (Å²) in [6.45, 7) is 0.523. The van der Waals surface area contributed by atoms with Gasteiger partial charge < -0.3 is 45.4 Å². The number of nitrogens with zero attached hydrogens (tertiary/aromatic N) is 1. The van der Waals surface area contributed by atoms with Crippen molar-refractivity contribution in [1.29, 1.82) is 0 Å². The quantitative estimate of drug-likeness (QED) is 0.0992. The van der Waals surface area contributed by atoms with E-state index in [4.69, 9.17) is 14.6 Å². The first-order valence-electron chi connectivity index (χ1n) is 13.7. The molecule has 4 aromatic rings. The molecule has 0 saturated heterocycles. The summed E-state index contributed by atoms with van der Waals surface area (Å²) >= 11 is 0. The van der Waals surface area contributed by atoms with Gasteiger partial charge in [-0.25, -0.2) is 18.8 Å². The van der Waals surface area contributed by atoms with Crippen LogP contribution < -0.4 is 20.7 Å². The number of urea groups is 1. The largest absolute Gasteiger partial charge is 0.467 e. The fraction of sp³-hybridized carbons (Fsp3) is 0.194. The average Bonchev–Trinajstić information content (AvgIpc) is 3.55. The van der Waals surface area contributed by atoms with Crippen LogP contribution in [0.15, 0.2) is 73.1 Å². The summed E-state index contributed by atoms with van der Waals surface area (Å²) in [5, 5.41) is 25.6. The lowest BCUT2D eigenvalue weighted by Gasteiger charge is -2.16. The number of nitrogens with one attached hydrogen (secondary N) is 4. The number of hydrogen-bond donors (Lipinski definition) is 6. The second kappa shape index (κ2) is 15.3. The van der Waals surface area contributed by atoms with Gasteiger partial charge in [0.1, 0.15) is 30.0 Å². The summed E-state index contributed by atoms with van der Waals surface area (Å²) in [4.78, 5) is 56.7. The maximum Gasteiger partial charge on any atom is 0.340 e. The number of amides is 3. The van der Waals surface area contributed by atoms with Crippen LogP contribution in [0.3, 0.4) is 0 Å². The number of aliphatic hydroxyl groups excluding tert-OH is 2. The highest BCUT2D eigenvalue weighted by Gasteiger charge is 2.32. The van der Waals surface area contributed by atoms with Crippen LogP contribution in [-0.2, 0) is 19.1 Å². The third kappa shape index (κ3) is 8.87. The second-order valence-corrected chi connectivity index (χ2v) is 9.76. The van der Waals surface area contributed by atoms with Crippen LogP contribution in [0.2, 0.25) is 0 Å². The first kappa shape index (κ1) is 33.1. The van der Waals surface area contributed by atoms with E-state index in [9.17, 15) is 28.7 Å². The molecule has 0 radical (unpaired) electrons. The molecule has 6 N–H and O–H groups in total. The van der Waals surface area contributed by atoms with Gasteiger partial charge in [0.25, 0.3) is 5.91 Å². The molecule has 2 aromatic carbocycles. The summed E-state index contributed by atoms with van der Waals surface area (Å²) in [7, 11) is 1.02. The van der Waals surface area contributed by atoms with Gasteiger partial charge in [0.05, 0.1) is 36.4 Å². The third-order valence-electron chi connectivity index (χ3n) is 6.25. The van der Waals surface area contributed by atoms with Gasteiger partial charge in [-0.15, -0.1) is 0 Å². The standard InChI is InChI=1S/C31H30FN5O9/c1-17-3-8-23(32)24(11-17)36-31(43)35-19-4-6-21(7-5-19)46-22-9-10-33-26(13-22)25-12-18(14-34-25)28(40)37-27(29(41)44-2)30(42)45-16-20(39)15-38/h3-14,20,27,34,38-39H,15-16H2,1-2H3,(H,37,40)(H2,35,36,43)/t20?,27-/m1/s1. The maximum absolute atomic E-state index is 13.9. The molecule has 2 atom stereocenters. The van der Waals surface area contributed by atoms with E-state index in [-0.39, 0.29) is 11.3 Å². The Bertz CT molecular complexity index is 1710. The Kier molecular flexibility index (Phi) is 11.0. The molecule has 3 amide bonds. The summed E-state index contributed by atoms with van der Waals surface area (Å²) in [5.74, 6) is -2.80. The molecule has 46 heavy (non-hydrogen) atoms. The number of esters is 2. The first-order valence-corrected chi connectivity index (χ1v) is 13.7. The Labute approximate surface area is 261 Å². The molecule has 1 unspecified atom stereocenters. The number of halogens is 1. The van der Waals surface area contributed by atoms with Gasteiger partial charge in [0.15, 0.2) is 0 Å². The number of pyridine rings is 1. The Morgan fingerprint density at radius 2 is 1.74 bits per heavy atom. The van der Waals surface area contributed by atoms with Gasteiger partial charge in [0, 0.05) is 24.1 Å². The van der Waals surface area contributed by atoms with Crippen molar-refractivity contribution in [2.45, 2.75) is 19.1 Å². The molecule has 2 aromatic heterocycles. The number of hydrogen-bond acceptors (Lipinski definition) is 10. The minimum absolute atomic E-state index is 0.0532. The van der Waals surface area contributed by atoms with Gasteiger partial charge in [0.2, 0.25) is 6.04 Å². The predicted molar refractivity (Wildman–Crippen MR) is 162 cm³/mol. The van der Waals surface area contributed by atoms with Crippen LogP contribution in [0.25, 0.3) is 11.4 Å². The summed E-state index contributed by atoms with van der Waals surface area (Å²) in [6.07, 6.45) is 1.47. The van der Waals surface area contributed by atoms with Gasteiger partial charge >= 0.3 is 18.0 Å². The van der Waals surface area contributed by atoms with Crippen molar-refractivity contribution in [2.24, 2.45) is 0 Å². The molecule has 0 bridgehead atoms. The molecular formula is C31H30FN5O9. The monoisotopic (exact) mass is 635 g/mol. The molecule has 2 heterocycles. The highest BCUT2D eigenvalue weighted by Crippen LogP contribution is 2.27. The van der Waals surface area contributed by atoms with Crippen molar-refractivity contribution >= 4 is 35.3 Å². The van der Waals surface area contributed by atoms with Gasteiger partial charge in [-0.1, -0.05) is 6.07 Å².